The minimum atomic E-state index is 0.581. The third kappa shape index (κ3) is 29.2. The van der Waals surface area contributed by atoms with E-state index in [4.69, 9.17) is 4.99 Å². The number of nitrogens with zero attached hydrogens (tertiary/aromatic N) is 2. The van der Waals surface area contributed by atoms with Crippen molar-refractivity contribution < 1.29 is 0 Å². The molecule has 0 radical (unpaired) electrons. The lowest BCUT2D eigenvalue weighted by Gasteiger charge is -2.29. The van der Waals surface area contributed by atoms with Crippen LogP contribution in [0, 0.1) is 0 Å². The summed E-state index contributed by atoms with van der Waals surface area (Å²) in [5.74, 6) is 0. The van der Waals surface area contributed by atoms with Gasteiger partial charge in [-0.2, -0.15) is 0 Å². The second-order valence-electron chi connectivity index (χ2n) is 14.8. The summed E-state index contributed by atoms with van der Waals surface area (Å²) in [6, 6.07) is 1.34. The van der Waals surface area contributed by atoms with Crippen LogP contribution in [0.2, 0.25) is 0 Å². The normalized spacial score (nSPS) is 16.6. The van der Waals surface area contributed by atoms with Crippen LogP contribution in [-0.2, 0) is 0 Å². The van der Waals surface area contributed by atoms with Gasteiger partial charge in [-0.3, -0.25) is 4.99 Å². The van der Waals surface area contributed by atoms with E-state index >= 15 is 0 Å². The fourth-order valence-electron chi connectivity index (χ4n) is 6.85. The first-order valence-electron chi connectivity index (χ1n) is 21.0. The summed E-state index contributed by atoms with van der Waals surface area (Å²) in [5.41, 5.74) is 1.54. The van der Waals surface area contributed by atoms with Gasteiger partial charge in [-0.25, -0.2) is 0 Å². The van der Waals surface area contributed by atoms with Gasteiger partial charge in [-0.05, 0) is 117 Å². The predicted molar refractivity (Wildman–Crippen MR) is 215 cm³/mol. The van der Waals surface area contributed by atoms with Gasteiger partial charge in [0.05, 0.1) is 0 Å². The molecule has 0 N–H and O–H groups in total. The van der Waals surface area contributed by atoms with Gasteiger partial charge in [0.15, 0.2) is 0 Å². The molecule has 1 saturated carbocycles. The van der Waals surface area contributed by atoms with Crippen LogP contribution in [0.5, 0.6) is 0 Å². The van der Waals surface area contributed by atoms with Gasteiger partial charge in [0.2, 0.25) is 0 Å². The van der Waals surface area contributed by atoms with Crippen molar-refractivity contribution >= 4 is 5.71 Å². The van der Waals surface area contributed by atoms with E-state index in [2.05, 4.69) is 81.5 Å². The standard InChI is InChI=1S/C45H82N2/c1-5-7-9-11-13-15-17-19-21-23-25-27-29-31-33-35-37-43(46-44-39-41-45(42-40-44)47(3)4)38-36-34-32-30-28-26-24-22-20-18-16-14-12-10-8-6-2/h13-16,19-22,43,45H,5-12,17-18,23-42H2,1-4H3. The Kier molecular flexibility index (Phi) is 32.0. The molecule has 0 saturated heterocycles. The van der Waals surface area contributed by atoms with Crippen LogP contribution in [0.25, 0.3) is 0 Å². The van der Waals surface area contributed by atoms with Crippen molar-refractivity contribution in [1.29, 1.82) is 0 Å². The zero-order chi connectivity index (χ0) is 33.9. The van der Waals surface area contributed by atoms with E-state index in [0.717, 1.165) is 18.9 Å². The van der Waals surface area contributed by atoms with Gasteiger partial charge in [0, 0.05) is 17.8 Å². The molecule has 47 heavy (non-hydrogen) atoms. The van der Waals surface area contributed by atoms with E-state index in [1.54, 1.807) is 0 Å². The van der Waals surface area contributed by atoms with Crippen molar-refractivity contribution in [2.75, 3.05) is 14.1 Å². The monoisotopic (exact) mass is 651 g/mol. The first kappa shape index (κ1) is 43.6. The third-order valence-corrected chi connectivity index (χ3v) is 10.1. The topological polar surface area (TPSA) is 15.6 Å². The number of unbranched alkanes of at least 4 members (excludes halogenated alkanes) is 18. The molecule has 0 bridgehead atoms. The molecule has 0 aromatic heterocycles. The molecule has 0 atom stereocenters. The Bertz CT molecular complexity index is 743. The van der Waals surface area contributed by atoms with Gasteiger partial charge in [-0.1, -0.05) is 152 Å². The summed E-state index contributed by atoms with van der Waals surface area (Å²) >= 11 is 0. The highest BCUT2D eigenvalue weighted by atomic mass is 15.1. The average molecular weight is 651 g/mol. The molecule has 2 heteroatoms. The van der Waals surface area contributed by atoms with Crippen LogP contribution in [-0.4, -0.2) is 36.8 Å². The summed E-state index contributed by atoms with van der Waals surface area (Å²) in [5, 5.41) is 0. The second-order valence-corrected chi connectivity index (χ2v) is 14.8. The van der Waals surface area contributed by atoms with Crippen LogP contribution in [0.4, 0.5) is 0 Å². The maximum absolute atomic E-state index is 5.42. The molecule has 0 aliphatic heterocycles. The molecular formula is C45H82N2. The van der Waals surface area contributed by atoms with Crippen molar-refractivity contribution in [3.05, 3.63) is 48.6 Å². The number of hydrogen-bond donors (Lipinski definition) is 0. The van der Waals surface area contributed by atoms with Gasteiger partial charge >= 0.3 is 0 Å². The maximum Gasteiger partial charge on any atom is 0.0499 e. The molecule has 0 spiro atoms. The molecule has 1 aliphatic carbocycles. The SMILES string of the molecule is CCCCCC=CCC=CCCCCCCCCC(CCCCCCCCC=CCC=CCCCCC)N=C1CCC(N(C)C)CC1. The first-order valence-corrected chi connectivity index (χ1v) is 21.0. The summed E-state index contributed by atoms with van der Waals surface area (Å²) in [6.45, 7) is 4.55. The van der Waals surface area contributed by atoms with E-state index in [1.807, 2.05) is 0 Å². The highest BCUT2D eigenvalue weighted by Gasteiger charge is 2.20. The minimum Gasteiger partial charge on any atom is -0.306 e. The lowest BCUT2D eigenvalue weighted by atomic mass is 9.92. The van der Waals surface area contributed by atoms with Gasteiger partial charge in [0.25, 0.3) is 0 Å². The average Bonchev–Trinajstić information content (AvgIpc) is 3.08. The Balaban J connectivity index is 2.19. The van der Waals surface area contributed by atoms with Crippen LogP contribution in [0.15, 0.2) is 53.6 Å². The summed E-state index contributed by atoms with van der Waals surface area (Å²) < 4.78 is 0. The molecule has 0 aromatic carbocycles. The Labute approximate surface area is 296 Å². The van der Waals surface area contributed by atoms with E-state index in [9.17, 15) is 0 Å². The Morgan fingerprint density at radius 2 is 0.872 bits per heavy atom. The van der Waals surface area contributed by atoms with Crippen molar-refractivity contribution in [3.8, 4) is 0 Å². The van der Waals surface area contributed by atoms with Crippen LogP contribution < -0.4 is 0 Å². The molecule has 1 fully saturated rings. The molecule has 1 aliphatic rings. The highest BCUT2D eigenvalue weighted by Crippen LogP contribution is 2.23. The number of rotatable bonds is 32. The van der Waals surface area contributed by atoms with Crippen molar-refractivity contribution in [1.82, 2.24) is 4.90 Å². The van der Waals surface area contributed by atoms with Gasteiger partial charge in [0.1, 0.15) is 0 Å². The molecule has 1 rings (SSSR count). The zero-order valence-electron chi connectivity index (χ0n) is 32.4. The number of allylic oxidation sites excluding steroid dienone is 8. The van der Waals surface area contributed by atoms with Crippen LogP contribution >= 0.6 is 0 Å². The lowest BCUT2D eigenvalue weighted by Crippen LogP contribution is -2.32. The van der Waals surface area contributed by atoms with Crippen molar-refractivity contribution in [2.24, 2.45) is 4.99 Å². The van der Waals surface area contributed by atoms with Crippen molar-refractivity contribution in [3.63, 3.8) is 0 Å². The third-order valence-electron chi connectivity index (χ3n) is 10.1. The molecule has 0 unspecified atom stereocenters. The zero-order valence-corrected chi connectivity index (χ0v) is 32.4. The molecule has 0 aromatic rings. The lowest BCUT2D eigenvalue weighted by molar-refractivity contribution is 0.260. The molecule has 272 valence electrons. The van der Waals surface area contributed by atoms with Crippen LogP contribution in [0.3, 0.4) is 0 Å². The predicted octanol–water partition coefficient (Wildman–Crippen LogP) is 14.7. The highest BCUT2D eigenvalue weighted by molar-refractivity contribution is 5.85. The van der Waals surface area contributed by atoms with Crippen LogP contribution in [0.1, 0.15) is 206 Å². The fraction of sp³-hybridized carbons (Fsp3) is 0.800. The quantitative estimate of drug-likeness (QED) is 0.0522. The largest absolute Gasteiger partial charge is 0.306 e. The number of hydrogen-bond acceptors (Lipinski definition) is 2. The first-order chi connectivity index (χ1) is 23.2. The smallest absolute Gasteiger partial charge is 0.0499 e. The van der Waals surface area contributed by atoms with Gasteiger partial charge < -0.3 is 4.90 Å². The fourth-order valence-corrected chi connectivity index (χ4v) is 6.85. The molecule has 0 amide bonds. The van der Waals surface area contributed by atoms with E-state index < -0.39 is 0 Å². The molecule has 0 heterocycles. The minimum absolute atomic E-state index is 0.581. The Morgan fingerprint density at radius 1 is 0.511 bits per heavy atom. The number of aliphatic imine (C=N–C) groups is 1. The maximum atomic E-state index is 5.42. The summed E-state index contributed by atoms with van der Waals surface area (Å²) in [6.07, 6.45) is 58.6. The molecule has 2 nitrogen and oxygen atoms in total. The Hall–Kier alpha value is -1.41. The van der Waals surface area contributed by atoms with E-state index in [-0.39, 0.29) is 0 Å². The molecular weight excluding hydrogens is 569 g/mol. The summed E-state index contributed by atoms with van der Waals surface area (Å²) in [7, 11) is 4.49. The Morgan fingerprint density at radius 3 is 1.26 bits per heavy atom. The van der Waals surface area contributed by atoms with Gasteiger partial charge in [-0.15, -0.1) is 0 Å². The summed E-state index contributed by atoms with van der Waals surface area (Å²) in [4.78, 5) is 7.84. The second kappa shape index (κ2) is 34.5. The van der Waals surface area contributed by atoms with E-state index in [0.29, 0.717) is 6.04 Å². The van der Waals surface area contributed by atoms with Crippen molar-refractivity contribution in [2.45, 2.75) is 219 Å². The van der Waals surface area contributed by atoms with E-state index in [1.165, 1.54) is 185 Å².